The lowest BCUT2D eigenvalue weighted by Crippen LogP contribution is -2.46. The van der Waals surface area contributed by atoms with E-state index in [-0.39, 0.29) is 0 Å². The van der Waals surface area contributed by atoms with Crippen molar-refractivity contribution >= 4 is 23.3 Å². The molecule has 0 aliphatic carbocycles. The Balaban J connectivity index is 2.02. The lowest BCUT2D eigenvalue weighted by Gasteiger charge is -2.34. The van der Waals surface area contributed by atoms with Crippen LogP contribution < -0.4 is 0 Å². The van der Waals surface area contributed by atoms with Gasteiger partial charge in [-0.3, -0.25) is 14.5 Å². The van der Waals surface area contributed by atoms with E-state index in [4.69, 9.17) is 10.2 Å². The van der Waals surface area contributed by atoms with Crippen molar-refractivity contribution in [2.75, 3.05) is 13.1 Å². The molecule has 2 heterocycles. The van der Waals surface area contributed by atoms with Gasteiger partial charge in [-0.1, -0.05) is 0 Å². The monoisotopic (exact) mass is 269 g/mol. The van der Waals surface area contributed by atoms with E-state index in [1.165, 1.54) is 0 Å². The van der Waals surface area contributed by atoms with Crippen LogP contribution in [0.5, 0.6) is 0 Å². The Hall–Kier alpha value is -1.40. The smallest absolute Gasteiger partial charge is 0.308 e. The first-order valence-electron chi connectivity index (χ1n) is 5.77. The second kappa shape index (κ2) is 5.49. The van der Waals surface area contributed by atoms with Crippen molar-refractivity contribution in [2.24, 2.45) is 11.8 Å². The van der Waals surface area contributed by atoms with E-state index in [1.54, 1.807) is 11.3 Å². The molecule has 0 radical (unpaired) electrons. The van der Waals surface area contributed by atoms with Crippen LogP contribution in [-0.4, -0.2) is 40.1 Å². The third-order valence-electron chi connectivity index (χ3n) is 3.32. The van der Waals surface area contributed by atoms with Gasteiger partial charge in [-0.05, 0) is 35.4 Å². The fourth-order valence-corrected chi connectivity index (χ4v) is 3.01. The second-order valence-electron chi connectivity index (χ2n) is 4.54. The minimum absolute atomic E-state index is 0.308. The molecule has 98 valence electrons. The Labute approximate surface area is 109 Å². The molecule has 0 aromatic carbocycles. The zero-order valence-corrected chi connectivity index (χ0v) is 10.6. The number of aliphatic carboxylic acids is 2. The normalized spacial score (nSPS) is 24.9. The highest BCUT2D eigenvalue weighted by atomic mass is 32.1. The van der Waals surface area contributed by atoms with Crippen molar-refractivity contribution in [3.63, 3.8) is 0 Å². The van der Waals surface area contributed by atoms with E-state index >= 15 is 0 Å². The van der Waals surface area contributed by atoms with Crippen LogP contribution in [0, 0.1) is 11.8 Å². The number of nitrogens with zero attached hydrogens (tertiary/aromatic N) is 1. The van der Waals surface area contributed by atoms with Crippen LogP contribution in [0.1, 0.15) is 12.0 Å². The third kappa shape index (κ3) is 2.88. The molecule has 1 fully saturated rings. The van der Waals surface area contributed by atoms with Crippen molar-refractivity contribution < 1.29 is 19.8 Å². The molecule has 2 unspecified atom stereocenters. The Morgan fingerprint density at radius 3 is 2.61 bits per heavy atom. The van der Waals surface area contributed by atoms with E-state index < -0.39 is 23.8 Å². The lowest BCUT2D eigenvalue weighted by atomic mass is 9.85. The van der Waals surface area contributed by atoms with Crippen molar-refractivity contribution in [3.8, 4) is 0 Å². The number of hydrogen-bond donors (Lipinski definition) is 2. The highest BCUT2D eigenvalue weighted by Gasteiger charge is 2.38. The van der Waals surface area contributed by atoms with Crippen molar-refractivity contribution in [1.82, 2.24) is 4.90 Å². The Morgan fingerprint density at radius 2 is 2.06 bits per heavy atom. The maximum absolute atomic E-state index is 11.1. The summed E-state index contributed by atoms with van der Waals surface area (Å²) in [6, 6.07) is 2.00. The number of piperidine rings is 1. The van der Waals surface area contributed by atoms with Crippen molar-refractivity contribution in [2.45, 2.75) is 13.0 Å². The van der Waals surface area contributed by atoms with E-state index in [1.807, 2.05) is 21.7 Å². The Morgan fingerprint density at radius 1 is 1.33 bits per heavy atom. The van der Waals surface area contributed by atoms with Gasteiger partial charge in [0.25, 0.3) is 0 Å². The molecule has 1 aromatic heterocycles. The zero-order chi connectivity index (χ0) is 13.1. The van der Waals surface area contributed by atoms with Crippen LogP contribution in [0.2, 0.25) is 0 Å². The van der Waals surface area contributed by atoms with E-state index in [0.29, 0.717) is 26.1 Å². The highest BCUT2D eigenvalue weighted by molar-refractivity contribution is 7.07. The van der Waals surface area contributed by atoms with Gasteiger partial charge >= 0.3 is 11.9 Å². The van der Waals surface area contributed by atoms with Gasteiger partial charge in [-0.25, -0.2) is 0 Å². The van der Waals surface area contributed by atoms with E-state index in [0.717, 1.165) is 5.56 Å². The van der Waals surface area contributed by atoms with Gasteiger partial charge in [0.1, 0.15) is 0 Å². The highest BCUT2D eigenvalue weighted by Crippen LogP contribution is 2.25. The van der Waals surface area contributed by atoms with Gasteiger partial charge in [0.15, 0.2) is 0 Å². The van der Waals surface area contributed by atoms with Crippen LogP contribution in [0.4, 0.5) is 0 Å². The summed E-state index contributed by atoms with van der Waals surface area (Å²) in [6.45, 7) is 1.64. The van der Waals surface area contributed by atoms with Gasteiger partial charge in [-0.2, -0.15) is 11.3 Å². The standard InChI is InChI=1S/C12H15NO4S/c14-11(15)9-1-3-13(6-10(9)12(16)17)5-8-2-4-18-7-8/h2,4,7,9-10H,1,3,5-6H2,(H,14,15)(H,16,17). The summed E-state index contributed by atoms with van der Waals surface area (Å²) in [5.74, 6) is -3.59. The fraction of sp³-hybridized carbons (Fsp3) is 0.500. The maximum atomic E-state index is 11.1. The van der Waals surface area contributed by atoms with E-state index in [9.17, 15) is 9.59 Å². The number of hydrogen-bond acceptors (Lipinski definition) is 4. The number of carboxylic acid groups (broad SMARTS) is 2. The molecule has 2 N–H and O–H groups in total. The molecule has 18 heavy (non-hydrogen) atoms. The van der Waals surface area contributed by atoms with Crippen molar-refractivity contribution in [1.29, 1.82) is 0 Å². The predicted molar refractivity (Wildman–Crippen MR) is 66.5 cm³/mol. The second-order valence-corrected chi connectivity index (χ2v) is 5.32. The largest absolute Gasteiger partial charge is 0.481 e. The molecular weight excluding hydrogens is 254 g/mol. The van der Waals surface area contributed by atoms with Crippen LogP contribution >= 0.6 is 11.3 Å². The van der Waals surface area contributed by atoms with Gasteiger partial charge in [0.05, 0.1) is 11.8 Å². The molecule has 0 spiro atoms. The number of likely N-dealkylation sites (tertiary alicyclic amines) is 1. The fourth-order valence-electron chi connectivity index (χ4n) is 2.35. The predicted octanol–water partition coefficient (Wildman–Crippen LogP) is 1.36. The minimum Gasteiger partial charge on any atom is -0.481 e. The summed E-state index contributed by atoms with van der Waals surface area (Å²) in [7, 11) is 0. The Kier molecular flexibility index (Phi) is 3.98. The molecule has 2 atom stereocenters. The average Bonchev–Trinajstić information content (AvgIpc) is 2.81. The van der Waals surface area contributed by atoms with Gasteiger partial charge in [0.2, 0.25) is 0 Å². The maximum Gasteiger partial charge on any atom is 0.308 e. The molecule has 1 saturated heterocycles. The summed E-state index contributed by atoms with van der Waals surface area (Å²) >= 11 is 1.60. The minimum atomic E-state index is -1.02. The number of rotatable bonds is 4. The number of carbonyl (C=O) groups is 2. The molecule has 1 aliphatic heterocycles. The summed E-state index contributed by atoms with van der Waals surface area (Å²) in [6.07, 6.45) is 0.399. The Bertz CT molecular complexity index is 431. The molecule has 0 amide bonds. The summed E-state index contributed by atoms with van der Waals surface area (Å²) in [4.78, 5) is 24.2. The van der Waals surface area contributed by atoms with Crippen molar-refractivity contribution in [3.05, 3.63) is 22.4 Å². The van der Waals surface area contributed by atoms with Gasteiger partial charge in [-0.15, -0.1) is 0 Å². The first-order chi connectivity index (χ1) is 8.58. The molecule has 0 bridgehead atoms. The van der Waals surface area contributed by atoms with Crippen LogP contribution in [0.15, 0.2) is 16.8 Å². The SMILES string of the molecule is O=C(O)C1CCN(Cc2ccsc2)CC1C(=O)O. The van der Waals surface area contributed by atoms with Crippen LogP contribution in [-0.2, 0) is 16.1 Å². The molecule has 5 nitrogen and oxygen atoms in total. The van der Waals surface area contributed by atoms with Crippen LogP contribution in [0.3, 0.4) is 0 Å². The zero-order valence-electron chi connectivity index (χ0n) is 9.78. The van der Waals surface area contributed by atoms with E-state index in [2.05, 4.69) is 0 Å². The van der Waals surface area contributed by atoms with Gasteiger partial charge in [0, 0.05) is 13.1 Å². The third-order valence-corrected chi connectivity index (χ3v) is 4.05. The molecule has 6 heteroatoms. The molecular formula is C12H15NO4S. The number of carboxylic acids is 2. The summed E-state index contributed by atoms with van der Waals surface area (Å²) in [5.41, 5.74) is 1.15. The first-order valence-corrected chi connectivity index (χ1v) is 6.71. The molecule has 0 saturated carbocycles. The summed E-state index contributed by atoms with van der Waals surface area (Å²) in [5, 5.41) is 22.1. The average molecular weight is 269 g/mol. The first kappa shape index (κ1) is 13.0. The molecule has 2 rings (SSSR count). The lowest BCUT2D eigenvalue weighted by molar-refractivity contribution is -0.157. The van der Waals surface area contributed by atoms with Crippen LogP contribution in [0.25, 0.3) is 0 Å². The van der Waals surface area contributed by atoms with Gasteiger partial charge < -0.3 is 10.2 Å². The number of thiophene rings is 1. The summed E-state index contributed by atoms with van der Waals surface area (Å²) < 4.78 is 0. The molecule has 1 aliphatic rings. The topological polar surface area (TPSA) is 77.8 Å². The quantitative estimate of drug-likeness (QED) is 0.863. The molecule has 1 aromatic rings.